The average Bonchev–Trinajstić information content (AvgIpc) is 2.64. The summed E-state index contributed by atoms with van der Waals surface area (Å²) < 4.78 is 11.4. The predicted molar refractivity (Wildman–Crippen MR) is 100 cm³/mol. The number of hydrogen-bond acceptors (Lipinski definition) is 5. The second kappa shape index (κ2) is 7.80. The average molecular weight is 369 g/mol. The van der Waals surface area contributed by atoms with Gasteiger partial charge in [0.15, 0.2) is 12.4 Å². The van der Waals surface area contributed by atoms with Crippen molar-refractivity contribution in [3.05, 3.63) is 59.7 Å². The molecule has 0 radical (unpaired) electrons. The van der Waals surface area contributed by atoms with Crippen LogP contribution in [0.2, 0.25) is 0 Å². The Morgan fingerprint density at radius 1 is 1.26 bits per heavy atom. The van der Waals surface area contributed by atoms with Crippen LogP contribution in [0.25, 0.3) is 0 Å². The zero-order valence-electron chi connectivity index (χ0n) is 15.4. The molecule has 0 aromatic heterocycles. The summed E-state index contributed by atoms with van der Waals surface area (Å²) in [5, 5.41) is 12.3. The molecular formula is C21H23NO5. The summed E-state index contributed by atoms with van der Waals surface area (Å²) in [7, 11) is 0. The van der Waals surface area contributed by atoms with Gasteiger partial charge < -0.3 is 19.9 Å². The van der Waals surface area contributed by atoms with Crippen LogP contribution in [0, 0.1) is 0 Å². The topological polar surface area (TPSA) is 84.9 Å². The molecule has 2 aromatic rings. The van der Waals surface area contributed by atoms with E-state index in [1.807, 2.05) is 44.2 Å². The third-order valence-electron chi connectivity index (χ3n) is 4.32. The second-order valence-electron chi connectivity index (χ2n) is 7.12. The van der Waals surface area contributed by atoms with Gasteiger partial charge in [0, 0.05) is 6.07 Å². The first-order chi connectivity index (χ1) is 12.9. The van der Waals surface area contributed by atoms with E-state index in [9.17, 15) is 14.7 Å². The lowest BCUT2D eigenvalue weighted by atomic mass is 9.93. The van der Waals surface area contributed by atoms with Gasteiger partial charge in [0.25, 0.3) is 5.91 Å². The van der Waals surface area contributed by atoms with Crippen molar-refractivity contribution in [2.75, 3.05) is 13.2 Å². The van der Waals surface area contributed by atoms with Crippen LogP contribution in [0.4, 0.5) is 0 Å². The SMILES string of the molecule is CC1(C)CC(=O)c2ccc(OCC(=O)N[C@@H](CO)c3ccccc3)cc2O1. The largest absolute Gasteiger partial charge is 0.486 e. The standard InChI is InChI=1S/C21H23NO5/c1-21(2)11-18(24)16-9-8-15(10-19(16)27-21)26-13-20(25)22-17(12-23)14-6-4-3-5-7-14/h3-10,17,23H,11-13H2,1-2H3,(H,22,25)/t17-/m0/s1. The number of ether oxygens (including phenoxy) is 2. The molecule has 0 spiro atoms. The van der Waals surface area contributed by atoms with Gasteiger partial charge in [-0.1, -0.05) is 30.3 Å². The molecule has 1 atom stereocenters. The van der Waals surface area contributed by atoms with E-state index in [1.54, 1.807) is 18.2 Å². The Morgan fingerprint density at radius 2 is 2.00 bits per heavy atom. The summed E-state index contributed by atoms with van der Waals surface area (Å²) in [5.41, 5.74) is 0.774. The van der Waals surface area contributed by atoms with Crippen molar-refractivity contribution in [2.24, 2.45) is 0 Å². The Labute approximate surface area is 158 Å². The highest BCUT2D eigenvalue weighted by molar-refractivity contribution is 6.00. The van der Waals surface area contributed by atoms with Crippen LogP contribution in [0.15, 0.2) is 48.5 Å². The van der Waals surface area contributed by atoms with Crippen LogP contribution in [-0.2, 0) is 4.79 Å². The quantitative estimate of drug-likeness (QED) is 0.818. The van der Waals surface area contributed by atoms with E-state index < -0.39 is 11.6 Å². The van der Waals surface area contributed by atoms with Crippen molar-refractivity contribution < 1.29 is 24.2 Å². The number of fused-ring (bicyclic) bond motifs is 1. The van der Waals surface area contributed by atoms with E-state index in [2.05, 4.69) is 5.32 Å². The van der Waals surface area contributed by atoms with E-state index in [1.165, 1.54) is 0 Å². The van der Waals surface area contributed by atoms with Gasteiger partial charge in [-0.2, -0.15) is 0 Å². The molecule has 0 saturated carbocycles. The monoisotopic (exact) mass is 369 g/mol. The summed E-state index contributed by atoms with van der Waals surface area (Å²) in [5.74, 6) is 0.577. The molecule has 1 amide bonds. The first-order valence-corrected chi connectivity index (χ1v) is 8.82. The number of aliphatic hydroxyl groups is 1. The highest BCUT2D eigenvalue weighted by Gasteiger charge is 2.32. The molecule has 2 N–H and O–H groups in total. The van der Waals surface area contributed by atoms with Crippen LogP contribution in [-0.4, -0.2) is 35.6 Å². The highest BCUT2D eigenvalue weighted by atomic mass is 16.5. The highest BCUT2D eigenvalue weighted by Crippen LogP contribution is 2.35. The lowest BCUT2D eigenvalue weighted by molar-refractivity contribution is -0.124. The molecule has 0 unspecified atom stereocenters. The Bertz CT molecular complexity index is 832. The van der Waals surface area contributed by atoms with Crippen molar-refractivity contribution in [3.63, 3.8) is 0 Å². The van der Waals surface area contributed by atoms with E-state index in [4.69, 9.17) is 9.47 Å². The summed E-state index contributed by atoms with van der Waals surface area (Å²) in [4.78, 5) is 24.3. The molecule has 0 saturated heterocycles. The van der Waals surface area contributed by atoms with Crippen LogP contribution in [0.5, 0.6) is 11.5 Å². The second-order valence-corrected chi connectivity index (χ2v) is 7.12. The van der Waals surface area contributed by atoms with Gasteiger partial charge in [-0.05, 0) is 31.5 Å². The number of carbonyl (C=O) groups is 2. The van der Waals surface area contributed by atoms with E-state index in [0.717, 1.165) is 5.56 Å². The Balaban J connectivity index is 1.62. The van der Waals surface area contributed by atoms with E-state index in [-0.39, 0.29) is 24.9 Å². The van der Waals surface area contributed by atoms with Gasteiger partial charge in [-0.15, -0.1) is 0 Å². The molecule has 0 bridgehead atoms. The molecule has 1 aliphatic rings. The minimum Gasteiger partial charge on any atom is -0.486 e. The number of nitrogens with one attached hydrogen (secondary N) is 1. The number of hydrogen-bond donors (Lipinski definition) is 2. The van der Waals surface area contributed by atoms with Crippen LogP contribution in [0.1, 0.15) is 42.2 Å². The van der Waals surface area contributed by atoms with Crippen molar-refractivity contribution in [2.45, 2.75) is 31.9 Å². The normalized spacial score (nSPS) is 16.0. The molecule has 0 aliphatic carbocycles. The van der Waals surface area contributed by atoms with E-state index >= 15 is 0 Å². The van der Waals surface area contributed by atoms with Gasteiger partial charge in [0.1, 0.15) is 17.1 Å². The molecule has 6 heteroatoms. The molecular weight excluding hydrogens is 346 g/mol. The predicted octanol–water partition coefficient (Wildman–Crippen LogP) is 2.66. The maximum absolute atomic E-state index is 12.2. The summed E-state index contributed by atoms with van der Waals surface area (Å²) in [6.45, 7) is 3.29. The van der Waals surface area contributed by atoms with Crippen molar-refractivity contribution in [1.29, 1.82) is 0 Å². The lowest BCUT2D eigenvalue weighted by Crippen LogP contribution is -2.36. The molecule has 142 valence electrons. The minimum absolute atomic E-state index is 0.0270. The number of ketones is 1. The number of amides is 1. The van der Waals surface area contributed by atoms with Gasteiger partial charge in [-0.25, -0.2) is 0 Å². The third-order valence-corrected chi connectivity index (χ3v) is 4.32. The Kier molecular flexibility index (Phi) is 5.46. The molecule has 1 heterocycles. The Morgan fingerprint density at radius 3 is 2.70 bits per heavy atom. The smallest absolute Gasteiger partial charge is 0.258 e. The number of benzene rings is 2. The molecule has 3 rings (SSSR count). The Hall–Kier alpha value is -2.86. The van der Waals surface area contributed by atoms with E-state index in [0.29, 0.717) is 23.5 Å². The zero-order valence-corrected chi connectivity index (χ0v) is 15.4. The van der Waals surface area contributed by atoms with Gasteiger partial charge in [0.2, 0.25) is 0 Å². The third kappa shape index (κ3) is 4.65. The molecule has 2 aromatic carbocycles. The lowest BCUT2D eigenvalue weighted by Gasteiger charge is -2.31. The van der Waals surface area contributed by atoms with Crippen LogP contribution in [0.3, 0.4) is 0 Å². The number of Topliss-reactive ketones (excluding diaryl/α,β-unsaturated/α-hetero) is 1. The molecule has 1 aliphatic heterocycles. The van der Waals surface area contributed by atoms with Crippen molar-refractivity contribution in [1.82, 2.24) is 5.32 Å². The minimum atomic E-state index is -0.565. The number of carbonyl (C=O) groups excluding carboxylic acids is 2. The van der Waals surface area contributed by atoms with Gasteiger partial charge in [-0.3, -0.25) is 9.59 Å². The van der Waals surface area contributed by atoms with Gasteiger partial charge in [0.05, 0.1) is 24.6 Å². The molecule has 6 nitrogen and oxygen atoms in total. The van der Waals surface area contributed by atoms with Crippen molar-refractivity contribution in [3.8, 4) is 11.5 Å². The first-order valence-electron chi connectivity index (χ1n) is 8.82. The number of rotatable bonds is 6. The van der Waals surface area contributed by atoms with Crippen molar-refractivity contribution >= 4 is 11.7 Å². The molecule has 0 fully saturated rings. The fourth-order valence-electron chi connectivity index (χ4n) is 3.03. The summed E-state index contributed by atoms with van der Waals surface area (Å²) in [6, 6.07) is 13.7. The van der Waals surface area contributed by atoms with Gasteiger partial charge >= 0.3 is 0 Å². The summed E-state index contributed by atoms with van der Waals surface area (Å²) in [6.07, 6.45) is 0.324. The maximum Gasteiger partial charge on any atom is 0.258 e. The fraction of sp³-hybridized carbons (Fsp3) is 0.333. The fourth-order valence-corrected chi connectivity index (χ4v) is 3.03. The zero-order chi connectivity index (χ0) is 19.4. The van der Waals surface area contributed by atoms with Crippen LogP contribution >= 0.6 is 0 Å². The maximum atomic E-state index is 12.2. The van der Waals surface area contributed by atoms with Crippen LogP contribution < -0.4 is 14.8 Å². The molecule has 27 heavy (non-hydrogen) atoms. The summed E-state index contributed by atoms with van der Waals surface area (Å²) >= 11 is 0. The first kappa shape index (κ1) is 18.9. The number of aliphatic hydroxyl groups excluding tert-OH is 1.